The van der Waals surface area contributed by atoms with Crippen LogP contribution in [0.25, 0.3) is 0 Å². The van der Waals surface area contributed by atoms with E-state index in [0.29, 0.717) is 0 Å². The van der Waals surface area contributed by atoms with E-state index in [2.05, 4.69) is 28.2 Å². The van der Waals surface area contributed by atoms with E-state index >= 15 is 0 Å². The highest BCUT2D eigenvalue weighted by atomic mass is 35.5. The van der Waals surface area contributed by atoms with E-state index in [1.54, 1.807) is 0 Å². The SMILES string of the molecule is CSSCN1CCN(CCc2ccc(Cl)cc2)CC1. The Hall–Kier alpha value is 0.130. The van der Waals surface area contributed by atoms with Crippen molar-refractivity contribution in [3.8, 4) is 0 Å². The van der Waals surface area contributed by atoms with Crippen LogP contribution < -0.4 is 0 Å². The number of hydrogen-bond donors (Lipinski definition) is 0. The summed E-state index contributed by atoms with van der Waals surface area (Å²) in [4.78, 5) is 5.11. The molecule has 0 amide bonds. The summed E-state index contributed by atoms with van der Waals surface area (Å²) in [6.07, 6.45) is 3.27. The summed E-state index contributed by atoms with van der Waals surface area (Å²) in [6.45, 7) is 5.96. The van der Waals surface area contributed by atoms with Crippen molar-refractivity contribution >= 4 is 33.2 Å². The summed E-state index contributed by atoms with van der Waals surface area (Å²) in [5.41, 5.74) is 1.38. The van der Waals surface area contributed by atoms with Gasteiger partial charge in [0.05, 0.1) is 5.88 Å². The van der Waals surface area contributed by atoms with Crippen LogP contribution in [-0.4, -0.2) is 54.7 Å². The minimum absolute atomic E-state index is 0.823. The number of nitrogens with zero attached hydrogens (tertiary/aromatic N) is 2. The van der Waals surface area contributed by atoms with E-state index in [1.807, 2.05) is 33.7 Å². The zero-order valence-corrected chi connectivity index (χ0v) is 13.7. The van der Waals surface area contributed by atoms with Crippen LogP contribution in [0.4, 0.5) is 0 Å². The summed E-state index contributed by atoms with van der Waals surface area (Å²) >= 11 is 5.90. The average Bonchev–Trinajstić information content (AvgIpc) is 2.46. The largest absolute Gasteiger partial charge is 0.300 e. The van der Waals surface area contributed by atoms with Crippen LogP contribution in [0.15, 0.2) is 24.3 Å². The summed E-state index contributed by atoms with van der Waals surface area (Å²) in [6, 6.07) is 8.23. The number of rotatable bonds is 6. The van der Waals surface area contributed by atoms with Gasteiger partial charge in [0, 0.05) is 37.7 Å². The molecule has 19 heavy (non-hydrogen) atoms. The second-order valence-electron chi connectivity index (χ2n) is 4.75. The fourth-order valence-electron chi connectivity index (χ4n) is 2.21. The van der Waals surface area contributed by atoms with Gasteiger partial charge in [0.1, 0.15) is 0 Å². The van der Waals surface area contributed by atoms with E-state index < -0.39 is 0 Å². The van der Waals surface area contributed by atoms with Gasteiger partial charge < -0.3 is 4.90 Å². The van der Waals surface area contributed by atoms with Gasteiger partial charge in [0.15, 0.2) is 0 Å². The highest BCUT2D eigenvalue weighted by Crippen LogP contribution is 2.19. The molecular formula is C14H21ClN2S2. The Morgan fingerprint density at radius 1 is 1.05 bits per heavy atom. The molecule has 1 saturated heterocycles. The molecule has 1 aliphatic heterocycles. The Kier molecular flexibility index (Phi) is 6.88. The van der Waals surface area contributed by atoms with Gasteiger partial charge in [-0.3, -0.25) is 4.90 Å². The average molecular weight is 317 g/mol. The van der Waals surface area contributed by atoms with Gasteiger partial charge >= 0.3 is 0 Å². The quantitative estimate of drug-likeness (QED) is 0.741. The summed E-state index contributed by atoms with van der Waals surface area (Å²) in [5.74, 6) is 1.16. The Morgan fingerprint density at radius 3 is 2.32 bits per heavy atom. The van der Waals surface area contributed by atoms with Gasteiger partial charge in [-0.05, 0) is 30.4 Å². The first-order valence-corrected chi connectivity index (χ1v) is 9.73. The van der Waals surface area contributed by atoms with Crippen molar-refractivity contribution in [2.75, 3.05) is 44.9 Å². The fraction of sp³-hybridized carbons (Fsp3) is 0.571. The molecule has 0 N–H and O–H groups in total. The maximum Gasteiger partial charge on any atom is 0.0549 e. The molecule has 1 fully saturated rings. The molecule has 1 aliphatic rings. The van der Waals surface area contributed by atoms with Crippen LogP contribution in [0.1, 0.15) is 5.56 Å². The number of hydrogen-bond acceptors (Lipinski definition) is 4. The van der Waals surface area contributed by atoms with Gasteiger partial charge in [-0.25, -0.2) is 0 Å². The van der Waals surface area contributed by atoms with Gasteiger partial charge in [-0.1, -0.05) is 45.3 Å². The van der Waals surface area contributed by atoms with E-state index in [9.17, 15) is 0 Å². The number of piperazine rings is 1. The van der Waals surface area contributed by atoms with E-state index in [-0.39, 0.29) is 0 Å². The lowest BCUT2D eigenvalue weighted by Gasteiger charge is -2.34. The highest BCUT2D eigenvalue weighted by molar-refractivity contribution is 8.76. The summed E-state index contributed by atoms with van der Waals surface area (Å²) in [7, 11) is 3.79. The molecule has 0 unspecified atom stereocenters. The minimum atomic E-state index is 0.823. The third kappa shape index (κ3) is 5.56. The molecule has 1 heterocycles. The minimum Gasteiger partial charge on any atom is -0.300 e. The van der Waals surface area contributed by atoms with Crippen molar-refractivity contribution in [2.24, 2.45) is 0 Å². The monoisotopic (exact) mass is 316 g/mol. The zero-order valence-electron chi connectivity index (χ0n) is 11.3. The van der Waals surface area contributed by atoms with Crippen molar-refractivity contribution in [1.82, 2.24) is 9.80 Å². The van der Waals surface area contributed by atoms with E-state index in [0.717, 1.165) is 23.9 Å². The molecule has 0 aliphatic carbocycles. The van der Waals surface area contributed by atoms with Crippen LogP contribution in [-0.2, 0) is 6.42 Å². The predicted octanol–water partition coefficient (Wildman–Crippen LogP) is 3.47. The first-order valence-electron chi connectivity index (χ1n) is 6.62. The normalized spacial score (nSPS) is 17.8. The van der Waals surface area contributed by atoms with Crippen LogP contribution in [0.2, 0.25) is 5.02 Å². The lowest BCUT2D eigenvalue weighted by molar-refractivity contribution is 0.151. The van der Waals surface area contributed by atoms with Crippen molar-refractivity contribution < 1.29 is 0 Å². The fourth-order valence-corrected chi connectivity index (χ4v) is 3.61. The second-order valence-corrected chi connectivity index (χ2v) is 7.72. The smallest absolute Gasteiger partial charge is 0.0549 e. The molecule has 2 rings (SSSR count). The Labute approximate surface area is 129 Å². The van der Waals surface area contributed by atoms with Crippen molar-refractivity contribution in [1.29, 1.82) is 0 Å². The Balaban J connectivity index is 1.67. The molecule has 0 atom stereocenters. The Bertz CT molecular complexity index is 364. The topological polar surface area (TPSA) is 6.48 Å². The summed E-state index contributed by atoms with van der Waals surface area (Å²) in [5, 5.41) is 0.823. The van der Waals surface area contributed by atoms with Crippen LogP contribution in [0, 0.1) is 0 Å². The molecule has 1 aromatic carbocycles. The second kappa shape index (κ2) is 8.42. The molecule has 106 valence electrons. The Morgan fingerprint density at radius 2 is 1.68 bits per heavy atom. The first-order chi connectivity index (χ1) is 9.28. The van der Waals surface area contributed by atoms with Crippen molar-refractivity contribution in [3.05, 3.63) is 34.9 Å². The predicted molar refractivity (Wildman–Crippen MR) is 89.1 cm³/mol. The molecule has 1 aromatic rings. The van der Waals surface area contributed by atoms with Gasteiger partial charge in [0.25, 0.3) is 0 Å². The van der Waals surface area contributed by atoms with Crippen molar-refractivity contribution in [3.63, 3.8) is 0 Å². The lowest BCUT2D eigenvalue weighted by atomic mass is 10.1. The third-order valence-electron chi connectivity index (χ3n) is 3.45. The molecule has 0 bridgehead atoms. The molecule has 0 spiro atoms. The number of halogens is 1. The molecular weight excluding hydrogens is 296 g/mol. The first kappa shape index (κ1) is 15.5. The van der Waals surface area contributed by atoms with Gasteiger partial charge in [0.2, 0.25) is 0 Å². The van der Waals surface area contributed by atoms with Gasteiger partial charge in [-0.2, -0.15) is 0 Å². The molecule has 0 radical (unpaired) electrons. The number of benzene rings is 1. The van der Waals surface area contributed by atoms with Crippen LogP contribution in [0.3, 0.4) is 0 Å². The zero-order chi connectivity index (χ0) is 13.5. The third-order valence-corrected chi connectivity index (χ3v) is 5.43. The summed E-state index contributed by atoms with van der Waals surface area (Å²) < 4.78 is 0. The molecule has 0 aromatic heterocycles. The molecule has 2 nitrogen and oxygen atoms in total. The molecule has 0 saturated carbocycles. The van der Waals surface area contributed by atoms with E-state index in [1.165, 1.54) is 31.7 Å². The van der Waals surface area contributed by atoms with Crippen LogP contribution >= 0.6 is 33.2 Å². The van der Waals surface area contributed by atoms with Gasteiger partial charge in [-0.15, -0.1) is 0 Å². The van der Waals surface area contributed by atoms with E-state index in [4.69, 9.17) is 11.6 Å². The lowest BCUT2D eigenvalue weighted by Crippen LogP contribution is -2.46. The van der Waals surface area contributed by atoms with Crippen LogP contribution in [0.5, 0.6) is 0 Å². The highest BCUT2D eigenvalue weighted by Gasteiger charge is 2.16. The maximum atomic E-state index is 5.90. The maximum absolute atomic E-state index is 5.90. The molecule has 5 heteroatoms. The standard InChI is InChI=1S/C14H21ClN2S2/c1-18-19-12-17-10-8-16(9-11-17)7-6-13-2-4-14(15)5-3-13/h2-5H,6-12H2,1H3. The van der Waals surface area contributed by atoms with Crippen molar-refractivity contribution in [2.45, 2.75) is 6.42 Å².